The van der Waals surface area contributed by atoms with E-state index in [-0.39, 0.29) is 40.1 Å². The lowest BCUT2D eigenvalue weighted by Crippen LogP contribution is -2.41. The van der Waals surface area contributed by atoms with Crippen LogP contribution in [0.1, 0.15) is 78.1 Å². The van der Waals surface area contributed by atoms with Crippen molar-refractivity contribution in [3.05, 3.63) is 239 Å². The molecule has 8 aromatic carbocycles. The van der Waals surface area contributed by atoms with Gasteiger partial charge < -0.3 is 33.7 Å². The van der Waals surface area contributed by atoms with E-state index in [9.17, 15) is 26.3 Å². The highest BCUT2D eigenvalue weighted by Crippen LogP contribution is 2.48. The van der Waals surface area contributed by atoms with E-state index in [1.807, 2.05) is 75.4 Å². The average Bonchev–Trinajstić information content (AvgIpc) is 0.817. The topological polar surface area (TPSA) is 67.4 Å². The van der Waals surface area contributed by atoms with Crippen LogP contribution in [0.2, 0.25) is 0 Å². The molecule has 23 heteroatoms. The summed E-state index contributed by atoms with van der Waals surface area (Å²) in [4.78, 5) is 0. The molecule has 90 heavy (non-hydrogen) atoms. The Morgan fingerprint density at radius 1 is 0.411 bits per heavy atom. The van der Waals surface area contributed by atoms with Crippen LogP contribution >= 0.6 is 158 Å². The van der Waals surface area contributed by atoms with E-state index in [2.05, 4.69) is 209 Å². The van der Waals surface area contributed by atoms with E-state index >= 15 is 13.2 Å². The van der Waals surface area contributed by atoms with Crippen molar-refractivity contribution < 1.29 is 67.9 Å². The predicted octanol–water partition coefficient (Wildman–Crippen LogP) is 22.5. The van der Waals surface area contributed by atoms with Gasteiger partial charge in [-0.25, -0.2) is 0 Å². The Hall–Kier alpha value is -3.00. The Balaban J connectivity index is 1.28. The highest BCUT2D eigenvalue weighted by atomic mass is 127. The number of hydrogen-bond acceptors (Lipinski definition) is 7. The van der Waals surface area contributed by atoms with Crippen LogP contribution in [-0.4, -0.2) is 34.4 Å². The van der Waals surface area contributed by atoms with Crippen LogP contribution < -0.4 is 33.7 Å². The van der Waals surface area contributed by atoms with Crippen molar-refractivity contribution >= 4 is 158 Å². The third kappa shape index (κ3) is 21.8. The van der Waals surface area contributed by atoms with Crippen LogP contribution in [0, 0.1) is 0 Å². The van der Waals surface area contributed by atoms with Gasteiger partial charge in [0.1, 0.15) is 34.5 Å². The molecule has 0 bridgehead atoms. The monoisotopic (exact) mass is 2030 g/mol. The minimum Gasteiger partial charge on any atom is -0.468 e. The summed E-state index contributed by atoms with van der Waals surface area (Å²) in [6.07, 6.45) is -13.2. The van der Waals surface area contributed by atoms with Gasteiger partial charge in [0.2, 0.25) is 4.84 Å². The Morgan fingerprint density at radius 2 is 0.844 bits per heavy atom. The third-order valence-corrected chi connectivity index (χ3v) is 20.8. The van der Waals surface area contributed by atoms with Gasteiger partial charge in [0.05, 0.1) is 3.92 Å². The second kappa shape index (κ2) is 30.8. The van der Waals surface area contributed by atoms with E-state index in [0.29, 0.717) is 59.6 Å². The molecule has 0 aliphatic heterocycles. The number of hydrogen-bond donors (Lipinski definition) is 1. The molecule has 0 aliphatic carbocycles. The normalized spacial score (nSPS) is 13.7. The van der Waals surface area contributed by atoms with Crippen molar-refractivity contribution in [1.82, 2.24) is 5.32 Å². The highest BCUT2D eigenvalue weighted by molar-refractivity contribution is 14.2. The molecule has 1 N–H and O–H groups in total. The Kier molecular flexibility index (Phi) is 24.9. The van der Waals surface area contributed by atoms with Gasteiger partial charge in [-0.15, -0.1) is 39.5 Å². The lowest BCUT2D eigenvalue weighted by Gasteiger charge is -2.37. The molecule has 0 spiro atoms. The van der Waals surface area contributed by atoms with Gasteiger partial charge >= 0.3 is 19.1 Å². The number of ether oxygens (including phenoxy) is 6. The van der Waals surface area contributed by atoms with Crippen molar-refractivity contribution in [2.45, 2.75) is 98.1 Å². The maximum atomic E-state index is 15.2. The number of aryl methyl sites for hydroxylation is 1. The number of halogens is 16. The quantitative estimate of drug-likeness (QED) is 0.0313. The van der Waals surface area contributed by atoms with Crippen molar-refractivity contribution in [2.24, 2.45) is 0 Å². The number of benzene rings is 8. The summed E-state index contributed by atoms with van der Waals surface area (Å²) in [6, 6.07) is 55.4. The lowest BCUT2D eigenvalue weighted by molar-refractivity contribution is -0.275. The predicted molar refractivity (Wildman–Crippen MR) is 393 cm³/mol. The largest absolute Gasteiger partial charge is 0.573 e. The molecular formula is C67H57F9I7NO6. The van der Waals surface area contributed by atoms with Gasteiger partial charge in [0.15, 0.2) is 0 Å². The third-order valence-electron chi connectivity index (χ3n) is 14.4. The summed E-state index contributed by atoms with van der Waals surface area (Å²) >= 11 is 15.7. The van der Waals surface area contributed by atoms with E-state index in [1.165, 1.54) is 36.4 Å². The molecule has 478 valence electrons. The second-order valence-electron chi connectivity index (χ2n) is 21.5. The zero-order valence-electron chi connectivity index (χ0n) is 48.0. The first-order valence-corrected chi connectivity index (χ1v) is 35.4. The van der Waals surface area contributed by atoms with E-state index in [0.717, 1.165) is 34.4 Å². The summed E-state index contributed by atoms with van der Waals surface area (Å²) in [5.74, 6) is 0.0378. The number of alkyl halides is 16. The molecule has 0 fully saturated rings. The zero-order chi connectivity index (χ0) is 65.3. The molecule has 0 aliphatic rings. The SMILES string of the molecule is CC(I)C(I)(I)Oc1cc(CCCC(Cc2ccccc2)(c2cccc(OC(C)(I)I)c2)c2cccc(OC(C)(I)I)c2)cc(-c2ccc(C(CNCc3cccc(OC(F)(F)F)c3)(Cc3ccccc3)c3cccc(OC(F)(F)F)c3)cc2OC(F)(F)F)c1. The molecule has 0 saturated carbocycles. The maximum absolute atomic E-state index is 15.2. The molecule has 0 radical (unpaired) electrons. The summed E-state index contributed by atoms with van der Waals surface area (Å²) in [7, 11) is 0. The summed E-state index contributed by atoms with van der Waals surface area (Å²) in [5.41, 5.74) is 3.29. The minimum atomic E-state index is -5.25. The molecule has 2 atom stereocenters. The maximum Gasteiger partial charge on any atom is 0.573 e. The van der Waals surface area contributed by atoms with E-state index < -0.39 is 52.0 Å². The molecule has 0 aromatic heterocycles. The Labute approximate surface area is 612 Å². The molecule has 2 unspecified atom stereocenters. The van der Waals surface area contributed by atoms with E-state index in [4.69, 9.17) is 18.9 Å². The second-order valence-corrected chi connectivity index (χ2v) is 41.0. The fourth-order valence-electron chi connectivity index (χ4n) is 10.8. The fraction of sp³-hybridized carbons (Fsp3) is 0.284. The van der Waals surface area contributed by atoms with E-state index in [1.54, 1.807) is 54.6 Å². The van der Waals surface area contributed by atoms with Gasteiger partial charge in [0.25, 0.3) is 0 Å². The van der Waals surface area contributed by atoms with Gasteiger partial charge in [-0.05, 0) is 305 Å². The van der Waals surface area contributed by atoms with Gasteiger partial charge in [-0.2, -0.15) is 0 Å². The van der Waals surface area contributed by atoms with Crippen LogP contribution in [0.15, 0.2) is 194 Å². The molecule has 7 nitrogen and oxygen atoms in total. The Morgan fingerprint density at radius 3 is 1.33 bits per heavy atom. The van der Waals surface area contributed by atoms with Crippen molar-refractivity contribution in [1.29, 1.82) is 0 Å². The lowest BCUT2D eigenvalue weighted by atomic mass is 9.67. The molecule has 8 aromatic rings. The Bertz CT molecular complexity index is 3620. The van der Waals surface area contributed by atoms with Gasteiger partial charge in [-0.3, -0.25) is 0 Å². The summed E-state index contributed by atoms with van der Waals surface area (Å²) < 4.78 is 159. The first-order chi connectivity index (χ1) is 42.1. The van der Waals surface area contributed by atoms with Crippen molar-refractivity contribution in [3.63, 3.8) is 0 Å². The average molecular weight is 2030 g/mol. The van der Waals surface area contributed by atoms with Crippen LogP contribution in [0.5, 0.6) is 34.5 Å². The zero-order valence-corrected chi connectivity index (χ0v) is 63.1. The number of rotatable bonds is 27. The number of nitrogens with one attached hydrogen (secondary N) is 1. The fourth-order valence-corrected chi connectivity index (χ4v) is 12.4. The standard InChI is InChI=1S/C67H57F9I7NO6/c1-43(77)64(82,83)87-57-32-46(20-14-30-62(39-44-15-6-4-7-16-44,49-21-11-25-54(35-49)85-60(2,78)79)50-22-12-26-55(36-50)86-61(3,80)81)31-48(34-57)58-29-28-52(38-59(58)90-67(74,75)76)63(40-45-17-8-5-9-18-45,51-23-13-27-56(37-51)89-66(71,72)73)42-84-41-47-19-10-24-53(33-47)88-65(68,69)70/h4-13,15-19,21-29,31-38,43,84H,14,20,30,39-42H2,1-3H3. The summed E-state index contributed by atoms with van der Waals surface area (Å²) in [5, 5.41) is 3.27. The molecule has 0 saturated heterocycles. The smallest absolute Gasteiger partial charge is 0.468 e. The molecule has 0 amide bonds. The summed E-state index contributed by atoms with van der Waals surface area (Å²) in [6.45, 7) is 5.63. The van der Waals surface area contributed by atoms with Crippen LogP contribution in [-0.2, 0) is 36.6 Å². The molecule has 0 heterocycles. The highest BCUT2D eigenvalue weighted by Gasteiger charge is 2.41. The van der Waals surface area contributed by atoms with Crippen LogP contribution in [0.3, 0.4) is 0 Å². The van der Waals surface area contributed by atoms with Crippen LogP contribution in [0.4, 0.5) is 39.5 Å². The first kappa shape index (κ1) is 72.8. The molecular weight excluding hydrogens is 1970 g/mol. The minimum absolute atomic E-state index is 0.0139. The van der Waals surface area contributed by atoms with Gasteiger partial charge in [-0.1, -0.05) is 150 Å². The van der Waals surface area contributed by atoms with Crippen molar-refractivity contribution in [2.75, 3.05) is 6.54 Å². The molecule has 8 rings (SSSR count). The van der Waals surface area contributed by atoms with Crippen molar-refractivity contribution in [3.8, 4) is 45.6 Å². The first-order valence-electron chi connectivity index (χ1n) is 27.7. The van der Waals surface area contributed by atoms with Crippen LogP contribution in [0.25, 0.3) is 11.1 Å². The van der Waals surface area contributed by atoms with Gasteiger partial charge in [0, 0.05) is 29.5 Å².